The molecule has 1 aliphatic carbocycles. The van der Waals surface area contributed by atoms with Gasteiger partial charge in [0.25, 0.3) is 0 Å². The molecule has 1 unspecified atom stereocenters. The number of hydrogen-bond donors (Lipinski definition) is 1. The molecule has 0 aromatic rings. The van der Waals surface area contributed by atoms with E-state index in [2.05, 4.69) is 24.1 Å². The van der Waals surface area contributed by atoms with E-state index in [0.29, 0.717) is 5.54 Å². The van der Waals surface area contributed by atoms with Gasteiger partial charge in [-0.25, -0.2) is 0 Å². The third kappa shape index (κ3) is 3.23. The molecule has 1 saturated carbocycles. The second kappa shape index (κ2) is 6.19. The van der Waals surface area contributed by atoms with E-state index < -0.39 is 0 Å². The van der Waals surface area contributed by atoms with Crippen molar-refractivity contribution in [3.8, 4) is 0 Å². The van der Waals surface area contributed by atoms with E-state index >= 15 is 0 Å². The van der Waals surface area contributed by atoms with Crippen molar-refractivity contribution in [2.75, 3.05) is 19.6 Å². The van der Waals surface area contributed by atoms with E-state index in [-0.39, 0.29) is 0 Å². The van der Waals surface area contributed by atoms with Crippen molar-refractivity contribution in [2.45, 2.75) is 76.8 Å². The highest BCUT2D eigenvalue weighted by Crippen LogP contribution is 2.33. The Hall–Kier alpha value is -0.0800. The SMILES string of the molecule is CCCCN1CC2(CCCC2)NCC1CCC. The van der Waals surface area contributed by atoms with E-state index in [9.17, 15) is 0 Å². The largest absolute Gasteiger partial charge is 0.308 e. The maximum absolute atomic E-state index is 3.89. The molecule has 1 spiro atoms. The standard InChI is InChI=1S/C15H30N2/c1-3-5-11-17-13-15(9-6-7-10-15)16-12-14(17)8-4-2/h14,16H,3-13H2,1-2H3. The highest BCUT2D eigenvalue weighted by atomic mass is 15.3. The summed E-state index contributed by atoms with van der Waals surface area (Å²) in [5.41, 5.74) is 0.498. The van der Waals surface area contributed by atoms with Crippen LogP contribution in [0.2, 0.25) is 0 Å². The summed E-state index contributed by atoms with van der Waals surface area (Å²) < 4.78 is 0. The predicted octanol–water partition coefficient (Wildman–Crippen LogP) is 3.17. The highest BCUT2D eigenvalue weighted by Gasteiger charge is 2.40. The lowest BCUT2D eigenvalue weighted by Crippen LogP contribution is -2.63. The van der Waals surface area contributed by atoms with Gasteiger partial charge in [0.15, 0.2) is 0 Å². The van der Waals surface area contributed by atoms with Gasteiger partial charge in [-0.15, -0.1) is 0 Å². The Morgan fingerprint density at radius 3 is 2.59 bits per heavy atom. The van der Waals surface area contributed by atoms with Gasteiger partial charge in [-0.3, -0.25) is 4.90 Å². The molecule has 0 bridgehead atoms. The topological polar surface area (TPSA) is 15.3 Å². The Kier molecular flexibility index (Phi) is 4.87. The molecule has 0 radical (unpaired) electrons. The van der Waals surface area contributed by atoms with E-state index in [1.165, 1.54) is 71.0 Å². The second-order valence-corrected chi connectivity index (χ2v) is 6.13. The molecule has 100 valence electrons. The lowest BCUT2D eigenvalue weighted by molar-refractivity contribution is 0.0743. The van der Waals surface area contributed by atoms with Gasteiger partial charge in [0, 0.05) is 24.7 Å². The maximum atomic E-state index is 3.89. The molecule has 1 saturated heterocycles. The molecule has 1 atom stereocenters. The van der Waals surface area contributed by atoms with Crippen LogP contribution in [0.3, 0.4) is 0 Å². The molecular weight excluding hydrogens is 208 g/mol. The summed E-state index contributed by atoms with van der Waals surface area (Å²) in [6, 6.07) is 0.803. The summed E-state index contributed by atoms with van der Waals surface area (Å²) in [7, 11) is 0. The smallest absolute Gasteiger partial charge is 0.0309 e. The first kappa shape index (κ1) is 13.4. The third-order valence-electron chi connectivity index (χ3n) is 4.72. The minimum absolute atomic E-state index is 0.498. The highest BCUT2D eigenvalue weighted by molar-refractivity contribution is 5.00. The fourth-order valence-corrected chi connectivity index (χ4v) is 3.66. The first-order valence-corrected chi connectivity index (χ1v) is 7.79. The van der Waals surface area contributed by atoms with Crippen LogP contribution in [0.25, 0.3) is 0 Å². The van der Waals surface area contributed by atoms with Gasteiger partial charge in [-0.05, 0) is 32.2 Å². The summed E-state index contributed by atoms with van der Waals surface area (Å²) in [4.78, 5) is 2.80. The van der Waals surface area contributed by atoms with Gasteiger partial charge in [-0.1, -0.05) is 39.5 Å². The molecule has 1 heterocycles. The van der Waals surface area contributed by atoms with Crippen LogP contribution in [-0.2, 0) is 0 Å². The summed E-state index contributed by atoms with van der Waals surface area (Å²) in [6.07, 6.45) is 11.1. The van der Waals surface area contributed by atoms with Crippen LogP contribution in [0.5, 0.6) is 0 Å². The van der Waals surface area contributed by atoms with Crippen molar-refractivity contribution in [3.63, 3.8) is 0 Å². The van der Waals surface area contributed by atoms with Crippen molar-refractivity contribution in [2.24, 2.45) is 0 Å². The van der Waals surface area contributed by atoms with Crippen LogP contribution in [0, 0.1) is 0 Å². The molecular formula is C15H30N2. The Morgan fingerprint density at radius 2 is 1.94 bits per heavy atom. The Balaban J connectivity index is 1.93. The number of piperazine rings is 1. The van der Waals surface area contributed by atoms with Crippen molar-refractivity contribution in [1.82, 2.24) is 10.2 Å². The van der Waals surface area contributed by atoms with Crippen molar-refractivity contribution < 1.29 is 0 Å². The zero-order valence-corrected chi connectivity index (χ0v) is 11.8. The van der Waals surface area contributed by atoms with Gasteiger partial charge in [0.05, 0.1) is 0 Å². The van der Waals surface area contributed by atoms with Crippen LogP contribution in [0.1, 0.15) is 65.2 Å². The average Bonchev–Trinajstić information content (AvgIpc) is 2.78. The monoisotopic (exact) mass is 238 g/mol. The molecule has 1 N–H and O–H groups in total. The molecule has 2 fully saturated rings. The lowest BCUT2D eigenvalue weighted by atomic mass is 9.91. The number of nitrogens with zero attached hydrogens (tertiary/aromatic N) is 1. The molecule has 0 aromatic carbocycles. The second-order valence-electron chi connectivity index (χ2n) is 6.13. The fourth-order valence-electron chi connectivity index (χ4n) is 3.66. The fraction of sp³-hybridized carbons (Fsp3) is 1.00. The Morgan fingerprint density at radius 1 is 1.18 bits per heavy atom. The number of nitrogens with one attached hydrogen (secondary N) is 1. The summed E-state index contributed by atoms with van der Waals surface area (Å²) >= 11 is 0. The van der Waals surface area contributed by atoms with Gasteiger partial charge in [-0.2, -0.15) is 0 Å². The normalized spacial score (nSPS) is 28.9. The molecule has 2 rings (SSSR count). The first-order valence-electron chi connectivity index (χ1n) is 7.79. The van der Waals surface area contributed by atoms with E-state index in [4.69, 9.17) is 0 Å². The molecule has 1 aliphatic heterocycles. The van der Waals surface area contributed by atoms with Crippen molar-refractivity contribution in [3.05, 3.63) is 0 Å². The third-order valence-corrected chi connectivity index (χ3v) is 4.72. The minimum atomic E-state index is 0.498. The van der Waals surface area contributed by atoms with E-state index in [1.807, 2.05) is 0 Å². The van der Waals surface area contributed by atoms with Crippen LogP contribution < -0.4 is 5.32 Å². The number of hydrogen-bond acceptors (Lipinski definition) is 2. The van der Waals surface area contributed by atoms with Gasteiger partial charge >= 0.3 is 0 Å². The Labute approximate surface area is 107 Å². The van der Waals surface area contributed by atoms with Crippen LogP contribution in [0.15, 0.2) is 0 Å². The number of rotatable bonds is 5. The molecule has 2 heteroatoms. The average molecular weight is 238 g/mol. The lowest BCUT2D eigenvalue weighted by Gasteiger charge is -2.46. The predicted molar refractivity (Wildman–Crippen MR) is 74.4 cm³/mol. The minimum Gasteiger partial charge on any atom is -0.308 e. The van der Waals surface area contributed by atoms with Crippen molar-refractivity contribution >= 4 is 0 Å². The van der Waals surface area contributed by atoms with E-state index in [1.54, 1.807) is 0 Å². The summed E-state index contributed by atoms with van der Waals surface area (Å²) in [5, 5.41) is 3.89. The van der Waals surface area contributed by atoms with Gasteiger partial charge in [0.1, 0.15) is 0 Å². The molecule has 2 nitrogen and oxygen atoms in total. The molecule has 17 heavy (non-hydrogen) atoms. The van der Waals surface area contributed by atoms with E-state index in [0.717, 1.165) is 6.04 Å². The van der Waals surface area contributed by atoms with Gasteiger partial charge < -0.3 is 5.32 Å². The van der Waals surface area contributed by atoms with Crippen LogP contribution >= 0.6 is 0 Å². The molecule has 2 aliphatic rings. The maximum Gasteiger partial charge on any atom is 0.0309 e. The Bertz CT molecular complexity index is 221. The van der Waals surface area contributed by atoms with Crippen molar-refractivity contribution in [1.29, 1.82) is 0 Å². The van der Waals surface area contributed by atoms with Crippen LogP contribution in [-0.4, -0.2) is 36.1 Å². The summed E-state index contributed by atoms with van der Waals surface area (Å²) in [6.45, 7) is 8.50. The first-order chi connectivity index (χ1) is 8.29. The van der Waals surface area contributed by atoms with Crippen LogP contribution in [0.4, 0.5) is 0 Å². The zero-order valence-electron chi connectivity index (χ0n) is 11.8. The number of unbranched alkanes of at least 4 members (excludes halogenated alkanes) is 1. The molecule has 0 aromatic heterocycles. The quantitative estimate of drug-likeness (QED) is 0.791. The zero-order chi connectivity index (χ0) is 12.1. The molecule has 0 amide bonds. The van der Waals surface area contributed by atoms with Gasteiger partial charge in [0.2, 0.25) is 0 Å². The summed E-state index contributed by atoms with van der Waals surface area (Å²) in [5.74, 6) is 0.